The van der Waals surface area contributed by atoms with Gasteiger partial charge in [0.2, 0.25) is 0 Å². The predicted octanol–water partition coefficient (Wildman–Crippen LogP) is 4.00. The van der Waals surface area contributed by atoms with Crippen LogP contribution in [-0.4, -0.2) is 20.1 Å². The summed E-state index contributed by atoms with van der Waals surface area (Å²) in [5, 5.41) is 3.03. The number of hydrogen-bond donors (Lipinski definition) is 1. The van der Waals surface area contributed by atoms with Gasteiger partial charge >= 0.3 is 0 Å². The smallest absolute Gasteiger partial charge is 0.257 e. The number of rotatable bonds is 4. The van der Waals surface area contributed by atoms with Crippen molar-refractivity contribution in [3.05, 3.63) is 58.1 Å². The topological polar surface area (TPSA) is 63.2 Å². The fraction of sp³-hybridized carbons (Fsp3) is 0.235. The van der Waals surface area contributed by atoms with Gasteiger partial charge in [-0.15, -0.1) is 0 Å². The summed E-state index contributed by atoms with van der Waals surface area (Å²) in [7, 11) is -3.40. The number of anilines is 1. The molecule has 122 valence electrons. The van der Waals surface area contributed by atoms with Crippen molar-refractivity contribution in [3.8, 4) is 0 Å². The van der Waals surface area contributed by atoms with Gasteiger partial charge in [-0.2, -0.15) is 0 Å². The molecular formula is C17H18ClNO3S. The van der Waals surface area contributed by atoms with Crippen LogP contribution in [0.25, 0.3) is 0 Å². The summed E-state index contributed by atoms with van der Waals surface area (Å²) in [6.07, 6.45) is 0. The van der Waals surface area contributed by atoms with E-state index in [1.807, 2.05) is 32.0 Å². The van der Waals surface area contributed by atoms with E-state index in [1.54, 1.807) is 6.92 Å². The minimum Gasteiger partial charge on any atom is -0.321 e. The number of para-hydroxylation sites is 1. The van der Waals surface area contributed by atoms with Gasteiger partial charge in [0.1, 0.15) is 0 Å². The molecule has 0 saturated heterocycles. The van der Waals surface area contributed by atoms with Gasteiger partial charge in [-0.3, -0.25) is 4.79 Å². The summed E-state index contributed by atoms with van der Waals surface area (Å²) in [5.41, 5.74) is 2.69. The van der Waals surface area contributed by atoms with Crippen LogP contribution in [0.4, 0.5) is 5.69 Å². The molecular weight excluding hydrogens is 334 g/mol. The van der Waals surface area contributed by atoms with E-state index in [0.29, 0.717) is 5.69 Å². The third kappa shape index (κ3) is 3.74. The van der Waals surface area contributed by atoms with Crippen LogP contribution in [0, 0.1) is 13.8 Å². The second-order valence-corrected chi connectivity index (χ2v) is 7.95. The van der Waals surface area contributed by atoms with Crippen LogP contribution >= 0.6 is 11.6 Å². The molecule has 6 heteroatoms. The summed E-state index contributed by atoms with van der Waals surface area (Å²) >= 11 is 6.07. The molecule has 0 aliphatic carbocycles. The van der Waals surface area contributed by atoms with Crippen LogP contribution in [0.15, 0.2) is 41.3 Å². The Balaban J connectivity index is 2.42. The molecule has 0 aromatic heterocycles. The summed E-state index contributed by atoms with van der Waals surface area (Å²) in [5.74, 6) is -0.465. The third-order valence-electron chi connectivity index (χ3n) is 3.64. The highest BCUT2D eigenvalue weighted by Gasteiger charge is 2.18. The maximum absolute atomic E-state index is 12.5. The highest BCUT2D eigenvalue weighted by atomic mass is 35.5. The fourth-order valence-corrected chi connectivity index (χ4v) is 3.34. The van der Waals surface area contributed by atoms with E-state index in [2.05, 4.69) is 5.32 Å². The van der Waals surface area contributed by atoms with Crippen molar-refractivity contribution < 1.29 is 13.2 Å². The van der Waals surface area contributed by atoms with Crippen molar-refractivity contribution in [3.63, 3.8) is 0 Å². The van der Waals surface area contributed by atoms with Crippen LogP contribution in [0.2, 0.25) is 5.02 Å². The lowest BCUT2D eigenvalue weighted by Gasteiger charge is -2.13. The Labute approximate surface area is 141 Å². The van der Waals surface area contributed by atoms with Gasteiger partial charge in [0.15, 0.2) is 9.84 Å². The van der Waals surface area contributed by atoms with Gasteiger partial charge in [0.05, 0.1) is 21.2 Å². The second kappa shape index (κ2) is 6.72. The maximum Gasteiger partial charge on any atom is 0.257 e. The lowest BCUT2D eigenvalue weighted by molar-refractivity contribution is 0.102. The van der Waals surface area contributed by atoms with Gasteiger partial charge in [-0.05, 0) is 43.2 Å². The minimum absolute atomic E-state index is 0.0351. The molecule has 0 heterocycles. The molecule has 0 radical (unpaired) electrons. The number of carbonyl (C=O) groups is 1. The number of amides is 1. The van der Waals surface area contributed by atoms with Crippen molar-refractivity contribution in [2.45, 2.75) is 25.7 Å². The molecule has 2 rings (SSSR count). The molecule has 1 amide bonds. The molecule has 0 aliphatic heterocycles. The first-order chi connectivity index (χ1) is 10.8. The van der Waals surface area contributed by atoms with Gasteiger partial charge in [-0.25, -0.2) is 8.42 Å². The van der Waals surface area contributed by atoms with Gasteiger partial charge in [0.25, 0.3) is 5.91 Å². The van der Waals surface area contributed by atoms with E-state index in [1.165, 1.54) is 18.2 Å². The van der Waals surface area contributed by atoms with Gasteiger partial charge in [0, 0.05) is 5.69 Å². The average molecular weight is 352 g/mol. The zero-order chi connectivity index (χ0) is 17.2. The Kier molecular flexibility index (Phi) is 5.12. The predicted molar refractivity (Wildman–Crippen MR) is 93.0 cm³/mol. The second-order valence-electron chi connectivity index (χ2n) is 5.27. The number of aryl methyl sites for hydroxylation is 2. The molecule has 0 aliphatic rings. The molecule has 2 aromatic carbocycles. The quantitative estimate of drug-likeness (QED) is 0.905. The summed E-state index contributed by atoms with van der Waals surface area (Å²) in [4.78, 5) is 12.6. The Morgan fingerprint density at radius 3 is 2.30 bits per heavy atom. The van der Waals surface area contributed by atoms with Gasteiger partial charge < -0.3 is 5.32 Å². The van der Waals surface area contributed by atoms with E-state index >= 15 is 0 Å². The van der Waals surface area contributed by atoms with Crippen molar-refractivity contribution in [1.29, 1.82) is 0 Å². The Bertz CT molecular complexity index is 840. The lowest BCUT2D eigenvalue weighted by atomic mass is 10.1. The van der Waals surface area contributed by atoms with Gasteiger partial charge in [-0.1, -0.05) is 36.7 Å². The first kappa shape index (κ1) is 17.5. The first-order valence-corrected chi connectivity index (χ1v) is 9.19. The van der Waals surface area contributed by atoms with Crippen LogP contribution in [-0.2, 0) is 9.84 Å². The molecule has 2 aromatic rings. The Hall–Kier alpha value is -1.85. The molecule has 0 fully saturated rings. The Morgan fingerprint density at radius 1 is 1.13 bits per heavy atom. The largest absolute Gasteiger partial charge is 0.321 e. The summed E-state index contributed by atoms with van der Waals surface area (Å²) < 4.78 is 24.0. The van der Waals surface area contributed by atoms with E-state index in [4.69, 9.17) is 11.6 Å². The van der Waals surface area contributed by atoms with Crippen molar-refractivity contribution in [2.75, 3.05) is 11.1 Å². The highest BCUT2D eigenvalue weighted by molar-refractivity contribution is 7.91. The normalized spacial score (nSPS) is 11.3. The molecule has 1 N–H and O–H groups in total. The Morgan fingerprint density at radius 2 is 1.74 bits per heavy atom. The molecule has 0 spiro atoms. The number of halogens is 1. The maximum atomic E-state index is 12.5. The molecule has 0 unspecified atom stereocenters. The molecule has 23 heavy (non-hydrogen) atoms. The number of benzene rings is 2. The molecule has 4 nitrogen and oxygen atoms in total. The number of hydrogen-bond acceptors (Lipinski definition) is 3. The zero-order valence-electron chi connectivity index (χ0n) is 13.2. The van der Waals surface area contributed by atoms with Crippen LogP contribution in [0.1, 0.15) is 28.4 Å². The number of sulfone groups is 1. The first-order valence-electron chi connectivity index (χ1n) is 7.16. The van der Waals surface area contributed by atoms with Crippen LogP contribution in [0.3, 0.4) is 0 Å². The lowest BCUT2D eigenvalue weighted by Crippen LogP contribution is -2.15. The van der Waals surface area contributed by atoms with E-state index in [0.717, 1.165) is 11.1 Å². The van der Waals surface area contributed by atoms with E-state index in [9.17, 15) is 13.2 Å². The number of nitrogens with one attached hydrogen (secondary N) is 1. The molecule has 0 atom stereocenters. The summed E-state index contributed by atoms with van der Waals surface area (Å²) in [6, 6.07) is 9.86. The number of carbonyl (C=O) groups excluding carboxylic acids is 1. The monoisotopic (exact) mass is 351 g/mol. The summed E-state index contributed by atoms with van der Waals surface area (Å²) in [6.45, 7) is 5.34. The molecule has 0 bridgehead atoms. The molecule has 0 saturated carbocycles. The zero-order valence-corrected chi connectivity index (χ0v) is 14.8. The van der Waals surface area contributed by atoms with E-state index < -0.39 is 15.7 Å². The average Bonchev–Trinajstić information content (AvgIpc) is 2.51. The van der Waals surface area contributed by atoms with Crippen molar-refractivity contribution >= 4 is 33.0 Å². The SMILES string of the molecule is CCS(=O)(=O)c1ccc(Cl)c(C(=O)Nc2c(C)cccc2C)c1. The fourth-order valence-electron chi connectivity index (χ4n) is 2.23. The standard InChI is InChI=1S/C17H18ClNO3S/c1-4-23(21,22)13-8-9-15(18)14(10-13)17(20)19-16-11(2)6-5-7-12(16)3/h5-10H,4H2,1-3H3,(H,19,20). The third-order valence-corrected chi connectivity index (χ3v) is 5.70. The van der Waals surface area contributed by atoms with Crippen LogP contribution in [0.5, 0.6) is 0 Å². The highest BCUT2D eigenvalue weighted by Crippen LogP contribution is 2.25. The van der Waals surface area contributed by atoms with Crippen molar-refractivity contribution in [2.24, 2.45) is 0 Å². The van der Waals surface area contributed by atoms with E-state index in [-0.39, 0.29) is 21.2 Å². The van der Waals surface area contributed by atoms with Crippen LogP contribution < -0.4 is 5.32 Å². The van der Waals surface area contributed by atoms with Crippen molar-refractivity contribution in [1.82, 2.24) is 0 Å². The minimum atomic E-state index is -3.40.